The highest BCUT2D eigenvalue weighted by atomic mass is 35.5. The monoisotopic (exact) mass is 501 g/mol. The van der Waals surface area contributed by atoms with Gasteiger partial charge in [-0.15, -0.1) is 0 Å². The predicted octanol–water partition coefficient (Wildman–Crippen LogP) is 6.57. The zero-order valence-corrected chi connectivity index (χ0v) is 20.9. The van der Waals surface area contributed by atoms with Crippen LogP contribution in [0.2, 0.25) is 5.02 Å². The molecule has 1 aliphatic rings. The Morgan fingerprint density at radius 2 is 1.81 bits per heavy atom. The molecule has 0 bridgehead atoms. The van der Waals surface area contributed by atoms with E-state index in [1.165, 1.54) is 11.1 Å². The van der Waals surface area contributed by atoms with Crippen LogP contribution in [0.1, 0.15) is 55.0 Å². The summed E-state index contributed by atoms with van der Waals surface area (Å²) in [5, 5.41) is 5.56. The Labute approximate surface area is 215 Å². The molecule has 0 N–H and O–H groups in total. The summed E-state index contributed by atoms with van der Waals surface area (Å²) in [5.41, 5.74) is 2.26. The minimum atomic E-state index is -0.168. The molecular formula is C29H28ClN3O3. The van der Waals surface area contributed by atoms with Crippen LogP contribution in [0.15, 0.2) is 76.6 Å². The number of para-hydroxylation sites is 1. The van der Waals surface area contributed by atoms with Gasteiger partial charge in [-0.2, -0.15) is 9.78 Å². The zero-order chi connectivity index (χ0) is 24.9. The Balaban J connectivity index is 1.49. The Bertz CT molecular complexity index is 1440. The highest BCUT2D eigenvalue weighted by Crippen LogP contribution is 2.37. The van der Waals surface area contributed by atoms with Crippen molar-refractivity contribution in [2.45, 2.75) is 44.6 Å². The molecule has 1 aliphatic carbocycles. The van der Waals surface area contributed by atoms with E-state index in [2.05, 4.69) is 5.10 Å². The van der Waals surface area contributed by atoms with Crippen molar-refractivity contribution >= 4 is 28.7 Å². The van der Waals surface area contributed by atoms with Gasteiger partial charge in [0.2, 0.25) is 0 Å². The third-order valence-electron chi connectivity index (χ3n) is 6.55. The van der Waals surface area contributed by atoms with Crippen LogP contribution in [-0.4, -0.2) is 23.0 Å². The van der Waals surface area contributed by atoms with E-state index < -0.39 is 0 Å². The fraction of sp³-hybridized carbons (Fsp3) is 0.276. The van der Waals surface area contributed by atoms with Crippen LogP contribution in [0.25, 0.3) is 10.9 Å². The van der Waals surface area contributed by atoms with Crippen molar-refractivity contribution < 1.29 is 9.47 Å². The Kier molecular flexibility index (Phi) is 7.33. The summed E-state index contributed by atoms with van der Waals surface area (Å²) in [6.45, 7) is 0.368. The maximum Gasteiger partial charge on any atom is 0.282 e. The molecule has 3 aromatic carbocycles. The van der Waals surface area contributed by atoms with Crippen LogP contribution >= 0.6 is 11.6 Å². The highest BCUT2D eigenvalue weighted by molar-refractivity contribution is 6.32. The molecule has 0 saturated heterocycles. The van der Waals surface area contributed by atoms with E-state index >= 15 is 0 Å². The largest absolute Gasteiger partial charge is 0.493 e. The van der Waals surface area contributed by atoms with Gasteiger partial charge in [0.25, 0.3) is 5.56 Å². The maximum atomic E-state index is 13.4. The predicted molar refractivity (Wildman–Crippen MR) is 144 cm³/mol. The van der Waals surface area contributed by atoms with Crippen molar-refractivity contribution in [3.05, 3.63) is 99.1 Å². The second kappa shape index (κ2) is 11.0. The minimum absolute atomic E-state index is 0.168. The van der Waals surface area contributed by atoms with E-state index in [0.29, 0.717) is 39.6 Å². The Morgan fingerprint density at radius 1 is 1.06 bits per heavy atom. The smallest absolute Gasteiger partial charge is 0.282 e. The third kappa shape index (κ3) is 5.14. The molecule has 184 valence electrons. The number of methoxy groups -OCH3 is 1. The molecule has 0 aliphatic heterocycles. The molecule has 1 saturated carbocycles. The number of nitrogens with zero attached hydrogens (tertiary/aromatic N) is 3. The molecule has 5 rings (SSSR count). The molecule has 0 atom stereocenters. The van der Waals surface area contributed by atoms with E-state index in [-0.39, 0.29) is 11.5 Å². The number of fused-ring (bicyclic) bond motifs is 1. The molecule has 36 heavy (non-hydrogen) atoms. The van der Waals surface area contributed by atoms with Gasteiger partial charge in [0.05, 0.1) is 29.2 Å². The molecule has 1 fully saturated rings. The van der Waals surface area contributed by atoms with Crippen molar-refractivity contribution in [3.8, 4) is 11.5 Å². The first-order chi connectivity index (χ1) is 17.6. The summed E-state index contributed by atoms with van der Waals surface area (Å²) in [5.74, 6) is 1.89. The minimum Gasteiger partial charge on any atom is -0.493 e. The fourth-order valence-electron chi connectivity index (χ4n) is 4.69. The Morgan fingerprint density at radius 3 is 2.58 bits per heavy atom. The first-order valence-electron chi connectivity index (χ1n) is 12.2. The van der Waals surface area contributed by atoms with E-state index in [1.807, 2.05) is 48.5 Å². The van der Waals surface area contributed by atoms with Crippen molar-refractivity contribution in [3.63, 3.8) is 0 Å². The van der Waals surface area contributed by atoms with Crippen LogP contribution in [0.4, 0.5) is 0 Å². The van der Waals surface area contributed by atoms with Crippen LogP contribution in [0.5, 0.6) is 11.5 Å². The third-order valence-corrected chi connectivity index (χ3v) is 6.83. The van der Waals surface area contributed by atoms with Crippen molar-refractivity contribution in [2.24, 2.45) is 5.10 Å². The topological polar surface area (TPSA) is 65.7 Å². The van der Waals surface area contributed by atoms with Gasteiger partial charge in [-0.05, 0) is 48.2 Å². The number of aromatic nitrogens is 2. The van der Waals surface area contributed by atoms with Crippen LogP contribution in [-0.2, 0) is 6.61 Å². The van der Waals surface area contributed by atoms with Crippen molar-refractivity contribution in [1.29, 1.82) is 0 Å². The number of halogens is 1. The summed E-state index contributed by atoms with van der Waals surface area (Å²) in [6.07, 6.45) is 7.12. The summed E-state index contributed by atoms with van der Waals surface area (Å²) in [4.78, 5) is 18.3. The normalized spacial score (nSPS) is 14.4. The van der Waals surface area contributed by atoms with Gasteiger partial charge in [-0.1, -0.05) is 73.3 Å². The van der Waals surface area contributed by atoms with Crippen LogP contribution in [0, 0.1) is 0 Å². The second-order valence-corrected chi connectivity index (χ2v) is 9.40. The standard InChI is InChI=1S/C29H28ClN3O3/c1-35-26-17-21(16-24(30)27(26)36-19-20-10-4-2-5-11-20)18-31-33-28(22-12-6-3-7-13-22)32-25-15-9-8-14-23(25)29(33)34/h2,4-5,8-11,14-18,22H,3,6-7,12-13,19H2,1H3. The molecule has 0 amide bonds. The van der Waals surface area contributed by atoms with Gasteiger partial charge in [0.15, 0.2) is 11.5 Å². The average molecular weight is 502 g/mol. The molecular weight excluding hydrogens is 474 g/mol. The Hall–Kier alpha value is -3.64. The number of hydrogen-bond acceptors (Lipinski definition) is 5. The zero-order valence-electron chi connectivity index (χ0n) is 20.2. The molecule has 7 heteroatoms. The SMILES string of the molecule is COc1cc(C=Nn2c(C3CCCCC3)nc3ccccc3c2=O)cc(Cl)c1OCc1ccccc1. The molecule has 4 aromatic rings. The molecule has 0 unspecified atom stereocenters. The van der Waals surface area contributed by atoms with E-state index in [9.17, 15) is 4.79 Å². The second-order valence-electron chi connectivity index (χ2n) is 8.99. The summed E-state index contributed by atoms with van der Waals surface area (Å²) >= 11 is 6.58. The number of rotatable bonds is 7. The molecule has 6 nitrogen and oxygen atoms in total. The highest BCUT2D eigenvalue weighted by Gasteiger charge is 2.22. The summed E-state index contributed by atoms with van der Waals surface area (Å²) < 4.78 is 13.0. The van der Waals surface area contributed by atoms with Gasteiger partial charge in [-0.3, -0.25) is 4.79 Å². The summed E-state index contributed by atoms with van der Waals surface area (Å²) in [7, 11) is 1.57. The van der Waals surface area contributed by atoms with Crippen molar-refractivity contribution in [2.75, 3.05) is 7.11 Å². The number of ether oxygens (including phenoxy) is 2. The average Bonchev–Trinajstić information content (AvgIpc) is 2.92. The lowest BCUT2D eigenvalue weighted by molar-refractivity contribution is 0.284. The summed E-state index contributed by atoms with van der Waals surface area (Å²) in [6, 6.07) is 20.8. The lowest BCUT2D eigenvalue weighted by Gasteiger charge is -2.22. The quantitative estimate of drug-likeness (QED) is 0.269. The van der Waals surface area contributed by atoms with Crippen LogP contribution in [0.3, 0.4) is 0 Å². The van der Waals surface area contributed by atoms with E-state index in [0.717, 1.165) is 37.1 Å². The maximum absolute atomic E-state index is 13.4. The molecule has 1 aromatic heterocycles. The van der Waals surface area contributed by atoms with Gasteiger partial charge >= 0.3 is 0 Å². The first kappa shape index (κ1) is 24.1. The number of benzene rings is 3. The molecule has 1 heterocycles. The molecule has 0 radical (unpaired) electrons. The van der Waals surface area contributed by atoms with Gasteiger partial charge in [0.1, 0.15) is 12.4 Å². The van der Waals surface area contributed by atoms with Gasteiger partial charge in [0, 0.05) is 5.92 Å². The van der Waals surface area contributed by atoms with Crippen LogP contribution < -0.4 is 15.0 Å². The van der Waals surface area contributed by atoms with Crippen molar-refractivity contribution in [1.82, 2.24) is 9.66 Å². The lowest BCUT2D eigenvalue weighted by Crippen LogP contribution is -2.25. The first-order valence-corrected chi connectivity index (χ1v) is 12.6. The lowest BCUT2D eigenvalue weighted by atomic mass is 9.88. The molecule has 0 spiro atoms. The van der Waals surface area contributed by atoms with Gasteiger partial charge in [-0.25, -0.2) is 4.98 Å². The van der Waals surface area contributed by atoms with E-state index in [1.54, 1.807) is 31.5 Å². The number of hydrogen-bond donors (Lipinski definition) is 0. The van der Waals surface area contributed by atoms with E-state index in [4.69, 9.17) is 26.1 Å². The fourth-order valence-corrected chi connectivity index (χ4v) is 4.96. The van der Waals surface area contributed by atoms with Gasteiger partial charge < -0.3 is 9.47 Å².